The van der Waals surface area contributed by atoms with Crippen molar-refractivity contribution < 1.29 is 4.79 Å². The molecule has 1 fully saturated rings. The molecule has 5 heteroatoms. The molecule has 1 amide bonds. The first-order valence-electron chi connectivity index (χ1n) is 7.37. The van der Waals surface area contributed by atoms with E-state index in [1.165, 1.54) is 24.2 Å². The van der Waals surface area contributed by atoms with E-state index >= 15 is 0 Å². The molecule has 2 N–H and O–H groups in total. The summed E-state index contributed by atoms with van der Waals surface area (Å²) in [5.41, 5.74) is 6.74. The van der Waals surface area contributed by atoms with Gasteiger partial charge in [-0.25, -0.2) is 0 Å². The van der Waals surface area contributed by atoms with Crippen LogP contribution in [0.3, 0.4) is 0 Å². The van der Waals surface area contributed by atoms with Crippen LogP contribution in [0.5, 0.6) is 0 Å². The highest BCUT2D eigenvalue weighted by Crippen LogP contribution is 2.36. The van der Waals surface area contributed by atoms with Crippen molar-refractivity contribution >= 4 is 44.6 Å². The molecule has 1 saturated heterocycles. The van der Waals surface area contributed by atoms with E-state index in [9.17, 15) is 4.79 Å². The molecule has 0 saturated carbocycles. The van der Waals surface area contributed by atoms with Crippen molar-refractivity contribution in [2.75, 3.05) is 18.8 Å². The molecule has 0 spiro atoms. The van der Waals surface area contributed by atoms with Crippen LogP contribution >= 0.6 is 22.9 Å². The number of nitrogens with two attached hydrogens (primary N) is 1. The Hall–Kier alpha value is -1.26. The number of carbonyl (C=O) groups is 1. The molecule has 1 unspecified atom stereocenters. The van der Waals surface area contributed by atoms with Gasteiger partial charge in [-0.3, -0.25) is 4.79 Å². The van der Waals surface area contributed by atoms with Gasteiger partial charge >= 0.3 is 0 Å². The zero-order valence-electron chi connectivity index (χ0n) is 12.1. The molecule has 1 aromatic carbocycles. The van der Waals surface area contributed by atoms with E-state index in [-0.39, 0.29) is 5.91 Å². The van der Waals surface area contributed by atoms with Crippen LogP contribution in [0.1, 0.15) is 35.9 Å². The molecule has 0 bridgehead atoms. The third-order valence-corrected chi connectivity index (χ3v) is 5.56. The van der Waals surface area contributed by atoms with Gasteiger partial charge in [-0.15, -0.1) is 11.3 Å². The van der Waals surface area contributed by atoms with Crippen LogP contribution in [0, 0.1) is 5.92 Å². The number of nitrogen functional groups attached to an aromatic ring is 1. The van der Waals surface area contributed by atoms with E-state index in [1.807, 2.05) is 23.1 Å². The second-order valence-electron chi connectivity index (χ2n) is 5.68. The van der Waals surface area contributed by atoms with Crippen LogP contribution in [0.25, 0.3) is 10.1 Å². The lowest BCUT2D eigenvalue weighted by atomic mass is 10.0. The van der Waals surface area contributed by atoms with Gasteiger partial charge in [-0.05, 0) is 37.0 Å². The molecule has 1 aliphatic rings. The number of amides is 1. The van der Waals surface area contributed by atoms with Crippen LogP contribution in [0.4, 0.5) is 5.69 Å². The van der Waals surface area contributed by atoms with Gasteiger partial charge < -0.3 is 10.6 Å². The first-order valence-corrected chi connectivity index (χ1v) is 8.56. The summed E-state index contributed by atoms with van der Waals surface area (Å²) in [6, 6.07) is 5.60. The van der Waals surface area contributed by atoms with Crippen molar-refractivity contribution in [3.05, 3.63) is 28.1 Å². The van der Waals surface area contributed by atoms with Crippen molar-refractivity contribution in [2.45, 2.75) is 26.2 Å². The first-order chi connectivity index (χ1) is 10.1. The second kappa shape index (κ2) is 5.85. The molecule has 1 aliphatic heterocycles. The normalized spacial score (nSPS) is 18.6. The Kier molecular flexibility index (Phi) is 4.09. The number of hydrogen-bond donors (Lipinski definition) is 1. The van der Waals surface area contributed by atoms with E-state index in [0.29, 0.717) is 21.5 Å². The molecule has 21 heavy (non-hydrogen) atoms. The van der Waals surface area contributed by atoms with Gasteiger partial charge in [0.05, 0.1) is 5.69 Å². The fourth-order valence-corrected chi connectivity index (χ4v) is 4.30. The molecular formula is C16H19ClN2OS. The highest BCUT2D eigenvalue weighted by atomic mass is 35.5. The molecule has 0 aliphatic carbocycles. The summed E-state index contributed by atoms with van der Waals surface area (Å²) in [6.45, 7) is 3.90. The van der Waals surface area contributed by atoms with E-state index in [1.54, 1.807) is 0 Å². The minimum absolute atomic E-state index is 0.0726. The Morgan fingerprint density at radius 2 is 2.33 bits per heavy atom. The Labute approximate surface area is 133 Å². The highest BCUT2D eigenvalue weighted by Gasteiger charge is 2.28. The minimum Gasteiger partial charge on any atom is -0.397 e. The van der Waals surface area contributed by atoms with Crippen molar-refractivity contribution in [1.82, 2.24) is 4.90 Å². The first kappa shape index (κ1) is 14.7. The largest absolute Gasteiger partial charge is 0.397 e. The van der Waals surface area contributed by atoms with Crippen LogP contribution in [0.2, 0.25) is 5.02 Å². The molecule has 3 nitrogen and oxygen atoms in total. The number of nitrogens with zero attached hydrogens (tertiary/aromatic N) is 1. The van der Waals surface area contributed by atoms with Gasteiger partial charge in [-0.1, -0.05) is 24.9 Å². The van der Waals surface area contributed by atoms with Crippen LogP contribution < -0.4 is 5.73 Å². The number of benzene rings is 1. The summed E-state index contributed by atoms with van der Waals surface area (Å²) in [5, 5.41) is 1.54. The van der Waals surface area contributed by atoms with Crippen molar-refractivity contribution in [3.63, 3.8) is 0 Å². The number of anilines is 1. The van der Waals surface area contributed by atoms with Gasteiger partial charge in [0.25, 0.3) is 5.91 Å². The van der Waals surface area contributed by atoms with Gasteiger partial charge in [-0.2, -0.15) is 0 Å². The van der Waals surface area contributed by atoms with Crippen molar-refractivity contribution in [3.8, 4) is 0 Å². The standard InChI is InChI=1S/C16H19ClN2OS/c1-2-3-10-6-7-19(9-10)16(20)15-14(18)12-8-11(17)4-5-13(12)21-15/h4-5,8,10H,2-3,6-7,9,18H2,1H3. The number of fused-ring (bicyclic) bond motifs is 1. The monoisotopic (exact) mass is 322 g/mol. The summed E-state index contributed by atoms with van der Waals surface area (Å²) in [5.74, 6) is 0.715. The highest BCUT2D eigenvalue weighted by molar-refractivity contribution is 7.21. The fraction of sp³-hybridized carbons (Fsp3) is 0.438. The third kappa shape index (κ3) is 2.74. The summed E-state index contributed by atoms with van der Waals surface area (Å²) >= 11 is 7.48. The number of likely N-dealkylation sites (tertiary alicyclic amines) is 1. The number of rotatable bonds is 3. The number of thiophene rings is 1. The average molecular weight is 323 g/mol. The molecule has 2 aromatic rings. The Morgan fingerprint density at radius 1 is 1.52 bits per heavy atom. The molecule has 112 valence electrons. The maximum atomic E-state index is 12.7. The lowest BCUT2D eigenvalue weighted by Gasteiger charge is -2.15. The molecule has 1 atom stereocenters. The Morgan fingerprint density at radius 3 is 3.10 bits per heavy atom. The van der Waals surface area contributed by atoms with Crippen LogP contribution in [-0.2, 0) is 0 Å². The third-order valence-electron chi connectivity index (χ3n) is 4.15. The zero-order valence-corrected chi connectivity index (χ0v) is 13.6. The molecule has 2 heterocycles. The fourth-order valence-electron chi connectivity index (χ4n) is 3.05. The van der Waals surface area contributed by atoms with Gasteiger partial charge in [0.2, 0.25) is 0 Å². The van der Waals surface area contributed by atoms with E-state index < -0.39 is 0 Å². The summed E-state index contributed by atoms with van der Waals surface area (Å²) in [6.07, 6.45) is 3.48. The second-order valence-corrected chi connectivity index (χ2v) is 7.17. The molecule has 3 rings (SSSR count). The maximum absolute atomic E-state index is 12.7. The Balaban J connectivity index is 1.87. The predicted octanol–water partition coefficient (Wildman–Crippen LogP) is 4.40. The van der Waals surface area contributed by atoms with Gasteiger partial charge in [0.1, 0.15) is 4.88 Å². The van der Waals surface area contributed by atoms with Crippen molar-refractivity contribution in [1.29, 1.82) is 0 Å². The van der Waals surface area contributed by atoms with E-state index in [0.717, 1.165) is 29.6 Å². The molecule has 1 aromatic heterocycles. The summed E-state index contributed by atoms with van der Waals surface area (Å²) in [7, 11) is 0. The number of carbonyl (C=O) groups excluding carboxylic acids is 1. The lowest BCUT2D eigenvalue weighted by molar-refractivity contribution is 0.0792. The molecular weight excluding hydrogens is 304 g/mol. The zero-order chi connectivity index (χ0) is 15.0. The molecule has 0 radical (unpaired) electrons. The smallest absolute Gasteiger partial charge is 0.266 e. The van der Waals surface area contributed by atoms with Crippen LogP contribution in [0.15, 0.2) is 18.2 Å². The summed E-state index contributed by atoms with van der Waals surface area (Å²) in [4.78, 5) is 15.3. The summed E-state index contributed by atoms with van der Waals surface area (Å²) < 4.78 is 1.02. The van der Waals surface area contributed by atoms with E-state index in [2.05, 4.69) is 6.92 Å². The average Bonchev–Trinajstić information content (AvgIpc) is 3.05. The Bertz CT molecular complexity index is 682. The minimum atomic E-state index is 0.0726. The topological polar surface area (TPSA) is 46.3 Å². The number of hydrogen-bond acceptors (Lipinski definition) is 3. The van der Waals surface area contributed by atoms with Crippen molar-refractivity contribution in [2.24, 2.45) is 5.92 Å². The van der Waals surface area contributed by atoms with Gasteiger partial charge in [0.15, 0.2) is 0 Å². The SMILES string of the molecule is CCCC1CCN(C(=O)c2sc3ccc(Cl)cc3c2N)C1. The number of halogens is 1. The van der Waals surface area contributed by atoms with Crippen LogP contribution in [-0.4, -0.2) is 23.9 Å². The van der Waals surface area contributed by atoms with E-state index in [4.69, 9.17) is 17.3 Å². The quantitative estimate of drug-likeness (QED) is 0.910. The maximum Gasteiger partial charge on any atom is 0.266 e. The predicted molar refractivity (Wildman–Crippen MR) is 90.2 cm³/mol. The van der Waals surface area contributed by atoms with Gasteiger partial charge in [0, 0.05) is 28.2 Å². The lowest BCUT2D eigenvalue weighted by Crippen LogP contribution is -2.28.